The molecule has 0 fully saturated rings. The molecule has 1 aromatic heterocycles. The average molecular weight is 417 g/mol. The van der Waals surface area contributed by atoms with E-state index in [2.05, 4.69) is 11.6 Å². The molecule has 156 valence electrons. The molecular weight excluding hydrogens is 388 g/mol. The minimum Gasteiger partial charge on any atom is -0.493 e. The Morgan fingerprint density at radius 3 is 2.41 bits per heavy atom. The molecule has 0 aromatic carbocycles. The zero-order valence-corrected chi connectivity index (χ0v) is 18.5. The van der Waals surface area contributed by atoms with Crippen LogP contribution in [-0.2, 0) is 14.3 Å². The number of allylic oxidation sites excluding steroid dienone is 3. The maximum absolute atomic E-state index is 13.1. The van der Waals surface area contributed by atoms with Gasteiger partial charge in [0.05, 0.1) is 25.5 Å². The number of hydrogen-bond acceptors (Lipinski definition) is 7. The third-order valence-corrected chi connectivity index (χ3v) is 4.93. The monoisotopic (exact) mass is 416 g/mol. The predicted molar refractivity (Wildman–Crippen MR) is 119 cm³/mol. The first kappa shape index (κ1) is 24.0. The molecule has 0 atom stereocenters. The number of carbonyl (C=O) groups is 1. The van der Waals surface area contributed by atoms with Gasteiger partial charge < -0.3 is 14.4 Å². The van der Waals surface area contributed by atoms with Crippen LogP contribution in [0.4, 0.5) is 5.69 Å². The molecule has 0 bridgehead atoms. The standard InChI is InChI=1S/C21H28N4O3S/c1-8-16(12-18(28-7)15(3)27-6)25(14-22)21(26)19(9-2)29-20-13-17(24(4)5)10-11-23-20/h8-14,22H,3H2,1-2,4-7H3/b16-8+,18-12+,19-9-,22-14?. The van der Waals surface area contributed by atoms with Gasteiger partial charge in [-0.1, -0.05) is 30.5 Å². The Labute approximate surface area is 176 Å². The first-order valence-corrected chi connectivity index (χ1v) is 9.61. The molecule has 0 aliphatic rings. The van der Waals surface area contributed by atoms with Crippen molar-refractivity contribution >= 4 is 29.7 Å². The molecule has 8 heteroatoms. The van der Waals surface area contributed by atoms with E-state index in [-0.39, 0.29) is 5.91 Å². The van der Waals surface area contributed by atoms with E-state index in [0.29, 0.717) is 27.1 Å². The van der Waals surface area contributed by atoms with Gasteiger partial charge in [0, 0.05) is 37.8 Å². The van der Waals surface area contributed by atoms with Crippen molar-refractivity contribution in [2.45, 2.75) is 18.9 Å². The van der Waals surface area contributed by atoms with E-state index in [1.54, 1.807) is 38.3 Å². The lowest BCUT2D eigenvalue weighted by Gasteiger charge is -2.20. The number of ether oxygens (including phenoxy) is 2. The number of amides is 1. The summed E-state index contributed by atoms with van der Waals surface area (Å²) in [6.45, 7) is 7.30. The van der Waals surface area contributed by atoms with Crippen LogP contribution in [0.3, 0.4) is 0 Å². The van der Waals surface area contributed by atoms with E-state index < -0.39 is 0 Å². The molecule has 0 spiro atoms. The molecule has 29 heavy (non-hydrogen) atoms. The summed E-state index contributed by atoms with van der Waals surface area (Å²) in [5.74, 6) is 0.317. The van der Waals surface area contributed by atoms with Crippen LogP contribution in [-0.4, -0.2) is 50.4 Å². The third kappa shape index (κ3) is 6.53. The normalized spacial score (nSPS) is 12.3. The Kier molecular flexibility index (Phi) is 9.74. The zero-order chi connectivity index (χ0) is 22.0. The SMILES string of the molecule is C=C(OC)/C(=C\C(=C/C)N(C=N)C(=O)/C(=C/C)Sc1cc(N(C)C)ccn1)OC. The van der Waals surface area contributed by atoms with E-state index in [1.807, 2.05) is 31.1 Å². The van der Waals surface area contributed by atoms with Gasteiger partial charge in [-0.3, -0.25) is 15.1 Å². The van der Waals surface area contributed by atoms with Crippen LogP contribution in [0.1, 0.15) is 13.8 Å². The summed E-state index contributed by atoms with van der Waals surface area (Å²) in [6.07, 6.45) is 7.66. The first-order chi connectivity index (χ1) is 13.8. The van der Waals surface area contributed by atoms with Crippen LogP contribution in [0, 0.1) is 5.41 Å². The van der Waals surface area contributed by atoms with Crippen LogP contribution in [0.15, 0.2) is 70.3 Å². The number of rotatable bonds is 10. The van der Waals surface area contributed by atoms with Crippen molar-refractivity contribution in [3.05, 3.63) is 65.3 Å². The summed E-state index contributed by atoms with van der Waals surface area (Å²) in [5.41, 5.74) is 1.43. The fourth-order valence-electron chi connectivity index (χ4n) is 2.22. The van der Waals surface area contributed by atoms with Gasteiger partial charge in [-0.15, -0.1) is 0 Å². The van der Waals surface area contributed by atoms with Crippen molar-refractivity contribution in [1.29, 1.82) is 5.41 Å². The molecule has 0 unspecified atom stereocenters. The molecule has 1 heterocycles. The molecule has 7 nitrogen and oxygen atoms in total. The van der Waals surface area contributed by atoms with Crippen molar-refractivity contribution in [2.75, 3.05) is 33.2 Å². The quantitative estimate of drug-likeness (QED) is 0.154. The molecule has 1 aromatic rings. The molecule has 0 aliphatic heterocycles. The Morgan fingerprint density at radius 2 is 1.93 bits per heavy atom. The second-order valence-electron chi connectivity index (χ2n) is 5.86. The number of hydrogen-bond donors (Lipinski definition) is 1. The van der Waals surface area contributed by atoms with E-state index in [0.717, 1.165) is 12.0 Å². The topological polar surface area (TPSA) is 78.8 Å². The molecule has 0 radical (unpaired) electrons. The second kappa shape index (κ2) is 11.8. The number of aromatic nitrogens is 1. The van der Waals surface area contributed by atoms with Crippen LogP contribution in [0.25, 0.3) is 0 Å². The van der Waals surface area contributed by atoms with E-state index in [1.165, 1.54) is 30.9 Å². The maximum Gasteiger partial charge on any atom is 0.270 e. The fraction of sp³-hybridized carbons (Fsp3) is 0.286. The van der Waals surface area contributed by atoms with Crippen LogP contribution < -0.4 is 4.90 Å². The molecule has 1 N–H and O–H groups in total. The van der Waals surface area contributed by atoms with Gasteiger partial charge in [0.15, 0.2) is 11.5 Å². The summed E-state index contributed by atoms with van der Waals surface area (Å²) in [6, 6.07) is 3.79. The van der Waals surface area contributed by atoms with Crippen molar-refractivity contribution in [3.63, 3.8) is 0 Å². The third-order valence-electron chi connectivity index (χ3n) is 3.86. The van der Waals surface area contributed by atoms with Gasteiger partial charge in [-0.05, 0) is 26.0 Å². The van der Waals surface area contributed by atoms with Crippen molar-refractivity contribution in [3.8, 4) is 0 Å². The smallest absolute Gasteiger partial charge is 0.270 e. The number of carbonyl (C=O) groups excluding carboxylic acids is 1. The Hall–Kier alpha value is -3.00. The fourth-order valence-corrected chi connectivity index (χ4v) is 3.04. The lowest BCUT2D eigenvalue weighted by molar-refractivity contribution is -0.121. The number of pyridine rings is 1. The number of thioether (sulfide) groups is 1. The molecular formula is C21H28N4O3S. The molecule has 1 rings (SSSR count). The number of nitrogens with zero attached hydrogens (tertiary/aromatic N) is 3. The summed E-state index contributed by atoms with van der Waals surface area (Å²) in [4.78, 5) is 21.1. The molecule has 1 amide bonds. The highest BCUT2D eigenvalue weighted by Gasteiger charge is 2.21. The van der Waals surface area contributed by atoms with E-state index >= 15 is 0 Å². The van der Waals surface area contributed by atoms with Crippen molar-refractivity contribution in [1.82, 2.24) is 9.88 Å². The summed E-state index contributed by atoms with van der Waals surface area (Å²) < 4.78 is 10.4. The number of anilines is 1. The highest BCUT2D eigenvalue weighted by Crippen LogP contribution is 2.29. The zero-order valence-electron chi connectivity index (χ0n) is 17.7. The summed E-state index contributed by atoms with van der Waals surface area (Å²) in [7, 11) is 6.84. The van der Waals surface area contributed by atoms with Gasteiger partial charge in [-0.2, -0.15) is 0 Å². The van der Waals surface area contributed by atoms with E-state index in [4.69, 9.17) is 14.9 Å². The molecule has 0 saturated heterocycles. The predicted octanol–water partition coefficient (Wildman–Crippen LogP) is 4.17. The summed E-state index contributed by atoms with van der Waals surface area (Å²) >= 11 is 1.24. The highest BCUT2D eigenvalue weighted by atomic mass is 32.2. The minimum absolute atomic E-state index is 0.314. The molecule has 0 aliphatic carbocycles. The van der Waals surface area contributed by atoms with Crippen LogP contribution >= 0.6 is 11.8 Å². The first-order valence-electron chi connectivity index (χ1n) is 8.79. The molecule has 0 saturated carbocycles. The van der Waals surface area contributed by atoms with Crippen molar-refractivity contribution in [2.24, 2.45) is 0 Å². The van der Waals surface area contributed by atoms with Crippen LogP contribution in [0.5, 0.6) is 0 Å². The van der Waals surface area contributed by atoms with Gasteiger partial charge in [0.1, 0.15) is 5.03 Å². The number of methoxy groups -OCH3 is 2. The lowest BCUT2D eigenvalue weighted by Crippen LogP contribution is -2.29. The Morgan fingerprint density at radius 1 is 1.24 bits per heavy atom. The lowest BCUT2D eigenvalue weighted by atomic mass is 10.2. The van der Waals surface area contributed by atoms with E-state index in [9.17, 15) is 4.79 Å². The Bertz CT molecular complexity index is 844. The largest absolute Gasteiger partial charge is 0.493 e. The van der Waals surface area contributed by atoms with Crippen molar-refractivity contribution < 1.29 is 14.3 Å². The number of nitrogens with one attached hydrogen (secondary N) is 1. The maximum atomic E-state index is 13.1. The average Bonchev–Trinajstić information content (AvgIpc) is 2.74. The van der Waals surface area contributed by atoms with Gasteiger partial charge in [0.25, 0.3) is 5.91 Å². The minimum atomic E-state index is -0.354. The summed E-state index contributed by atoms with van der Waals surface area (Å²) in [5, 5.41) is 8.46. The Balaban J connectivity index is 3.18. The van der Waals surface area contributed by atoms with Gasteiger partial charge in [0.2, 0.25) is 0 Å². The van der Waals surface area contributed by atoms with Gasteiger partial charge in [-0.25, -0.2) is 4.98 Å². The van der Waals surface area contributed by atoms with Gasteiger partial charge >= 0.3 is 0 Å². The highest BCUT2D eigenvalue weighted by molar-refractivity contribution is 8.04. The second-order valence-corrected chi connectivity index (χ2v) is 6.92. The van der Waals surface area contributed by atoms with Crippen LogP contribution in [0.2, 0.25) is 0 Å².